The van der Waals surface area contributed by atoms with Crippen LogP contribution in [0, 0.1) is 0 Å². The first-order valence-electron chi connectivity index (χ1n) is 7.72. The molecule has 2 heterocycles. The summed E-state index contributed by atoms with van der Waals surface area (Å²) in [5, 5.41) is 9.54. The first-order valence-corrected chi connectivity index (χ1v) is 7.72. The minimum atomic E-state index is -4.38. The van der Waals surface area contributed by atoms with Crippen LogP contribution in [0.4, 0.5) is 23.8 Å². The average Bonchev–Trinajstić information content (AvgIpc) is 2.96. The van der Waals surface area contributed by atoms with E-state index in [2.05, 4.69) is 15.7 Å². The van der Waals surface area contributed by atoms with E-state index in [0.29, 0.717) is 31.1 Å². The predicted molar refractivity (Wildman–Crippen MR) is 83.9 cm³/mol. The van der Waals surface area contributed by atoms with Crippen LogP contribution >= 0.6 is 0 Å². The number of carbonyl (C=O) groups excluding carboxylic acids is 1. The fourth-order valence-corrected chi connectivity index (χ4v) is 2.55. The Balaban J connectivity index is 1.59. The molecule has 134 valence electrons. The highest BCUT2D eigenvalue weighted by molar-refractivity contribution is 5.88. The van der Waals surface area contributed by atoms with Crippen molar-refractivity contribution in [2.45, 2.75) is 32.3 Å². The Hall–Kier alpha value is -2.55. The Bertz CT molecular complexity index is 732. The fraction of sp³-hybridized carbons (Fsp3) is 0.375. The van der Waals surface area contributed by atoms with E-state index >= 15 is 0 Å². The van der Waals surface area contributed by atoms with Crippen LogP contribution in [0.5, 0.6) is 0 Å². The summed E-state index contributed by atoms with van der Waals surface area (Å²) < 4.78 is 44.8. The summed E-state index contributed by atoms with van der Waals surface area (Å²) in [6.45, 7) is 3.33. The molecule has 9 heteroatoms. The van der Waals surface area contributed by atoms with Crippen molar-refractivity contribution in [3.63, 3.8) is 0 Å². The summed E-state index contributed by atoms with van der Waals surface area (Å²) in [6.07, 6.45) is -4.38. The number of aromatic nitrogens is 2. The number of benzene rings is 1. The number of carbonyl (C=O) groups is 1. The van der Waals surface area contributed by atoms with Crippen LogP contribution in [-0.2, 0) is 24.1 Å². The summed E-state index contributed by atoms with van der Waals surface area (Å²) in [6, 6.07) is 5.47. The molecular formula is C16H17F3N4O2. The number of hydrogen-bond acceptors (Lipinski definition) is 3. The van der Waals surface area contributed by atoms with E-state index in [0.717, 1.165) is 17.8 Å². The SMILES string of the molecule is C[C@H](NC(=O)Nc1cc2n(n1)CCOC2)c1ccc(C(F)(F)F)cc1. The van der Waals surface area contributed by atoms with Gasteiger partial charge < -0.3 is 10.1 Å². The topological polar surface area (TPSA) is 68.2 Å². The highest BCUT2D eigenvalue weighted by Crippen LogP contribution is 2.29. The zero-order valence-electron chi connectivity index (χ0n) is 13.4. The van der Waals surface area contributed by atoms with Gasteiger partial charge in [-0.15, -0.1) is 0 Å². The first kappa shape index (κ1) is 17.3. The Morgan fingerprint density at radius 2 is 2.04 bits per heavy atom. The van der Waals surface area contributed by atoms with Crippen molar-refractivity contribution >= 4 is 11.8 Å². The number of amides is 2. The number of halogens is 3. The van der Waals surface area contributed by atoms with E-state index in [1.807, 2.05) is 0 Å². The largest absolute Gasteiger partial charge is 0.416 e. The van der Waals surface area contributed by atoms with Crippen LogP contribution in [0.3, 0.4) is 0 Å². The number of fused-ring (bicyclic) bond motifs is 1. The number of urea groups is 1. The molecule has 3 rings (SSSR count). The number of nitrogens with one attached hydrogen (secondary N) is 2. The van der Waals surface area contributed by atoms with Crippen LogP contribution in [-0.4, -0.2) is 22.4 Å². The van der Waals surface area contributed by atoms with Crippen LogP contribution in [0.2, 0.25) is 0 Å². The van der Waals surface area contributed by atoms with Crippen molar-refractivity contribution in [1.29, 1.82) is 0 Å². The molecule has 0 saturated carbocycles. The predicted octanol–water partition coefficient (Wildman–Crippen LogP) is 3.31. The molecular weight excluding hydrogens is 337 g/mol. The second kappa shape index (κ2) is 6.75. The average molecular weight is 354 g/mol. The summed E-state index contributed by atoms with van der Waals surface area (Å²) in [5.41, 5.74) is 0.719. The zero-order chi connectivity index (χ0) is 18.0. The lowest BCUT2D eigenvalue weighted by Crippen LogP contribution is -2.31. The molecule has 2 aromatic rings. The Labute approximate surface area is 142 Å². The summed E-state index contributed by atoms with van der Waals surface area (Å²) in [5.74, 6) is 0.401. The zero-order valence-corrected chi connectivity index (χ0v) is 13.4. The molecule has 0 fully saturated rings. The molecule has 1 aliphatic heterocycles. The lowest BCUT2D eigenvalue weighted by atomic mass is 10.1. The third-order valence-electron chi connectivity index (χ3n) is 3.89. The van der Waals surface area contributed by atoms with Gasteiger partial charge in [-0.2, -0.15) is 18.3 Å². The molecule has 0 aliphatic carbocycles. The van der Waals surface area contributed by atoms with Gasteiger partial charge in [-0.1, -0.05) is 12.1 Å². The maximum absolute atomic E-state index is 12.6. The van der Waals surface area contributed by atoms with Crippen molar-refractivity contribution in [1.82, 2.24) is 15.1 Å². The maximum atomic E-state index is 12.6. The van der Waals surface area contributed by atoms with Crippen LogP contribution in [0.25, 0.3) is 0 Å². The normalized spacial score (nSPS) is 15.4. The van der Waals surface area contributed by atoms with Gasteiger partial charge >= 0.3 is 12.2 Å². The van der Waals surface area contributed by atoms with Gasteiger partial charge in [0.15, 0.2) is 5.82 Å². The molecule has 0 unspecified atom stereocenters. The summed E-state index contributed by atoms with van der Waals surface area (Å²) >= 11 is 0. The number of rotatable bonds is 3. The first-order chi connectivity index (χ1) is 11.8. The van der Waals surface area contributed by atoms with Gasteiger partial charge in [0.1, 0.15) is 0 Å². The van der Waals surface area contributed by atoms with E-state index in [1.54, 1.807) is 17.7 Å². The second-order valence-electron chi connectivity index (χ2n) is 5.74. The van der Waals surface area contributed by atoms with E-state index in [1.165, 1.54) is 12.1 Å². The van der Waals surface area contributed by atoms with Crippen molar-refractivity contribution in [3.8, 4) is 0 Å². The van der Waals surface area contributed by atoms with Gasteiger partial charge in [0.2, 0.25) is 0 Å². The van der Waals surface area contributed by atoms with E-state index < -0.39 is 23.8 Å². The smallest absolute Gasteiger partial charge is 0.373 e. The molecule has 1 aromatic carbocycles. The lowest BCUT2D eigenvalue weighted by Gasteiger charge is -2.15. The van der Waals surface area contributed by atoms with Crippen LogP contribution in [0.15, 0.2) is 30.3 Å². The van der Waals surface area contributed by atoms with E-state index in [-0.39, 0.29) is 0 Å². The molecule has 6 nitrogen and oxygen atoms in total. The number of anilines is 1. The minimum Gasteiger partial charge on any atom is -0.373 e. The molecule has 0 bridgehead atoms. The van der Waals surface area contributed by atoms with Gasteiger partial charge in [0, 0.05) is 6.07 Å². The Morgan fingerprint density at radius 3 is 2.68 bits per heavy atom. The highest BCUT2D eigenvalue weighted by atomic mass is 19.4. The van der Waals surface area contributed by atoms with Crippen molar-refractivity contribution in [3.05, 3.63) is 47.2 Å². The van der Waals surface area contributed by atoms with Crippen molar-refractivity contribution in [2.24, 2.45) is 0 Å². The monoisotopic (exact) mass is 354 g/mol. The minimum absolute atomic E-state index is 0.401. The second-order valence-corrected chi connectivity index (χ2v) is 5.74. The molecule has 0 spiro atoms. The molecule has 2 amide bonds. The fourth-order valence-electron chi connectivity index (χ4n) is 2.55. The molecule has 1 aliphatic rings. The van der Waals surface area contributed by atoms with Crippen LogP contribution < -0.4 is 10.6 Å². The molecule has 1 aromatic heterocycles. The Kier molecular flexibility index (Phi) is 4.67. The van der Waals surface area contributed by atoms with Gasteiger partial charge in [0.25, 0.3) is 0 Å². The standard InChI is InChI=1S/C16H17F3N4O2/c1-10(11-2-4-12(5-3-11)16(17,18)19)20-15(24)21-14-8-13-9-25-7-6-23(13)22-14/h2-5,8,10H,6-7,9H2,1H3,(H2,20,21,22,24)/t10-/m0/s1. The maximum Gasteiger partial charge on any atom is 0.416 e. The molecule has 0 radical (unpaired) electrons. The highest BCUT2D eigenvalue weighted by Gasteiger charge is 2.30. The van der Waals surface area contributed by atoms with Gasteiger partial charge in [-0.25, -0.2) is 4.79 Å². The number of hydrogen-bond donors (Lipinski definition) is 2. The quantitative estimate of drug-likeness (QED) is 0.889. The molecule has 0 saturated heterocycles. The van der Waals surface area contributed by atoms with Gasteiger partial charge in [-0.05, 0) is 24.6 Å². The number of nitrogens with zero attached hydrogens (tertiary/aromatic N) is 2. The van der Waals surface area contributed by atoms with Crippen molar-refractivity contribution in [2.75, 3.05) is 11.9 Å². The molecule has 25 heavy (non-hydrogen) atoms. The third-order valence-corrected chi connectivity index (χ3v) is 3.89. The summed E-state index contributed by atoms with van der Waals surface area (Å²) in [4.78, 5) is 12.1. The summed E-state index contributed by atoms with van der Waals surface area (Å²) in [7, 11) is 0. The third kappa shape index (κ3) is 4.11. The van der Waals surface area contributed by atoms with Crippen molar-refractivity contribution < 1.29 is 22.7 Å². The number of ether oxygens (including phenoxy) is 1. The van der Waals surface area contributed by atoms with E-state index in [4.69, 9.17) is 4.74 Å². The molecule has 1 atom stereocenters. The van der Waals surface area contributed by atoms with E-state index in [9.17, 15) is 18.0 Å². The number of alkyl halides is 3. The Morgan fingerprint density at radius 1 is 1.32 bits per heavy atom. The lowest BCUT2D eigenvalue weighted by molar-refractivity contribution is -0.137. The van der Waals surface area contributed by atoms with Gasteiger partial charge in [0.05, 0.1) is 37.1 Å². The molecule has 2 N–H and O–H groups in total. The van der Waals surface area contributed by atoms with Gasteiger partial charge in [-0.3, -0.25) is 10.00 Å². The van der Waals surface area contributed by atoms with Crippen LogP contribution in [0.1, 0.15) is 29.8 Å².